The van der Waals surface area contributed by atoms with Crippen LogP contribution in [0.4, 0.5) is 0 Å². The van der Waals surface area contributed by atoms with E-state index in [1.165, 1.54) is 0 Å². The SMILES string of the molecule is CC(C)(C)N1CC2(CCNC2)OCC1=O. The van der Waals surface area contributed by atoms with Gasteiger partial charge in [-0.05, 0) is 33.7 Å². The largest absolute Gasteiger partial charge is 0.362 e. The van der Waals surface area contributed by atoms with Crippen molar-refractivity contribution in [2.75, 3.05) is 26.2 Å². The maximum atomic E-state index is 11.8. The number of amides is 1. The number of carbonyl (C=O) groups is 1. The van der Waals surface area contributed by atoms with Crippen molar-refractivity contribution in [3.8, 4) is 0 Å². The third-order valence-corrected chi connectivity index (χ3v) is 3.26. The molecule has 4 nitrogen and oxygen atoms in total. The van der Waals surface area contributed by atoms with E-state index in [2.05, 4.69) is 26.1 Å². The molecule has 0 aromatic rings. The highest BCUT2D eigenvalue weighted by molar-refractivity contribution is 5.79. The lowest BCUT2D eigenvalue weighted by Gasteiger charge is -2.45. The Kier molecular flexibility index (Phi) is 2.51. The van der Waals surface area contributed by atoms with Crippen molar-refractivity contribution < 1.29 is 9.53 Å². The smallest absolute Gasteiger partial charge is 0.249 e. The second-order valence-corrected chi connectivity index (χ2v) is 5.55. The Labute approximate surface area is 91.0 Å². The standard InChI is InChI=1S/C11H20N2O2/c1-10(2,3)13-8-11(4-5-12-7-11)15-6-9(13)14/h12H,4-8H2,1-3H3. The van der Waals surface area contributed by atoms with Crippen LogP contribution in [0.25, 0.3) is 0 Å². The zero-order valence-corrected chi connectivity index (χ0v) is 9.80. The Bertz CT molecular complexity index is 264. The molecular formula is C11H20N2O2. The molecule has 1 N–H and O–H groups in total. The maximum absolute atomic E-state index is 11.8. The van der Waals surface area contributed by atoms with E-state index < -0.39 is 0 Å². The molecule has 1 spiro atoms. The minimum atomic E-state index is -0.124. The Balaban J connectivity index is 2.14. The lowest BCUT2D eigenvalue weighted by Crippen LogP contribution is -2.60. The highest BCUT2D eigenvalue weighted by Crippen LogP contribution is 2.29. The van der Waals surface area contributed by atoms with Gasteiger partial charge in [0.2, 0.25) is 5.91 Å². The Morgan fingerprint density at radius 2 is 2.20 bits per heavy atom. The zero-order chi connectivity index (χ0) is 11.1. The fourth-order valence-corrected chi connectivity index (χ4v) is 2.30. The normalized spacial score (nSPS) is 32.7. The number of hydrogen-bond acceptors (Lipinski definition) is 3. The van der Waals surface area contributed by atoms with E-state index in [9.17, 15) is 4.79 Å². The number of carbonyl (C=O) groups excluding carboxylic acids is 1. The molecule has 15 heavy (non-hydrogen) atoms. The highest BCUT2D eigenvalue weighted by atomic mass is 16.5. The molecule has 2 saturated heterocycles. The average molecular weight is 212 g/mol. The van der Waals surface area contributed by atoms with Crippen LogP contribution < -0.4 is 5.32 Å². The Morgan fingerprint density at radius 3 is 2.73 bits per heavy atom. The first-order chi connectivity index (χ1) is 6.93. The maximum Gasteiger partial charge on any atom is 0.249 e. The summed E-state index contributed by atoms with van der Waals surface area (Å²) in [5.41, 5.74) is -0.225. The molecule has 4 heteroatoms. The van der Waals surface area contributed by atoms with Gasteiger partial charge in [-0.15, -0.1) is 0 Å². The van der Waals surface area contributed by atoms with Gasteiger partial charge in [0, 0.05) is 12.1 Å². The molecule has 2 heterocycles. The fourth-order valence-electron chi connectivity index (χ4n) is 2.30. The van der Waals surface area contributed by atoms with E-state index in [-0.39, 0.29) is 23.7 Å². The molecule has 2 fully saturated rings. The van der Waals surface area contributed by atoms with E-state index >= 15 is 0 Å². The minimum absolute atomic E-state index is 0.101. The van der Waals surface area contributed by atoms with E-state index in [0.717, 1.165) is 26.1 Å². The van der Waals surface area contributed by atoms with E-state index in [0.29, 0.717) is 0 Å². The predicted octanol–water partition coefficient (Wildman–Crippen LogP) is 0.376. The first-order valence-corrected chi connectivity index (χ1v) is 5.58. The minimum Gasteiger partial charge on any atom is -0.362 e. The van der Waals surface area contributed by atoms with Gasteiger partial charge < -0.3 is 15.0 Å². The van der Waals surface area contributed by atoms with Gasteiger partial charge in [-0.25, -0.2) is 0 Å². The summed E-state index contributed by atoms with van der Waals surface area (Å²) in [7, 11) is 0. The van der Waals surface area contributed by atoms with Gasteiger partial charge in [-0.1, -0.05) is 0 Å². The van der Waals surface area contributed by atoms with Gasteiger partial charge >= 0.3 is 0 Å². The van der Waals surface area contributed by atoms with Crippen LogP contribution in [0.3, 0.4) is 0 Å². The van der Waals surface area contributed by atoms with Crippen molar-refractivity contribution in [3.05, 3.63) is 0 Å². The van der Waals surface area contributed by atoms with Crippen LogP contribution in [0.5, 0.6) is 0 Å². The van der Waals surface area contributed by atoms with Gasteiger partial charge in [-0.3, -0.25) is 4.79 Å². The first-order valence-electron chi connectivity index (χ1n) is 5.58. The topological polar surface area (TPSA) is 41.6 Å². The van der Waals surface area contributed by atoms with Crippen molar-refractivity contribution in [3.63, 3.8) is 0 Å². The van der Waals surface area contributed by atoms with Crippen molar-refractivity contribution in [2.24, 2.45) is 0 Å². The molecule has 0 aromatic heterocycles. The number of rotatable bonds is 0. The van der Waals surface area contributed by atoms with Crippen LogP contribution in [-0.4, -0.2) is 48.2 Å². The monoisotopic (exact) mass is 212 g/mol. The second kappa shape index (κ2) is 3.46. The highest BCUT2D eigenvalue weighted by Gasteiger charge is 2.44. The van der Waals surface area contributed by atoms with Crippen molar-refractivity contribution >= 4 is 5.91 Å². The van der Waals surface area contributed by atoms with Gasteiger partial charge in [0.15, 0.2) is 0 Å². The van der Waals surface area contributed by atoms with Gasteiger partial charge in [-0.2, -0.15) is 0 Å². The van der Waals surface area contributed by atoms with Crippen LogP contribution in [0.15, 0.2) is 0 Å². The molecule has 0 bridgehead atoms. The second-order valence-electron chi connectivity index (χ2n) is 5.55. The molecule has 2 rings (SSSR count). The predicted molar refractivity (Wildman–Crippen MR) is 57.6 cm³/mol. The Morgan fingerprint density at radius 1 is 1.47 bits per heavy atom. The lowest BCUT2D eigenvalue weighted by atomic mass is 9.96. The summed E-state index contributed by atoms with van der Waals surface area (Å²) in [5, 5.41) is 3.31. The summed E-state index contributed by atoms with van der Waals surface area (Å²) in [6.45, 7) is 9.05. The van der Waals surface area contributed by atoms with Crippen LogP contribution in [0.2, 0.25) is 0 Å². The number of morpholine rings is 1. The zero-order valence-electron chi connectivity index (χ0n) is 9.80. The molecule has 0 saturated carbocycles. The molecular weight excluding hydrogens is 192 g/mol. The molecule has 86 valence electrons. The van der Waals surface area contributed by atoms with Gasteiger partial charge in [0.25, 0.3) is 0 Å². The van der Waals surface area contributed by atoms with E-state index in [1.54, 1.807) is 0 Å². The summed E-state index contributed by atoms with van der Waals surface area (Å²) >= 11 is 0. The molecule has 2 aliphatic rings. The Hall–Kier alpha value is -0.610. The lowest BCUT2D eigenvalue weighted by molar-refractivity contribution is -0.168. The third kappa shape index (κ3) is 2.01. The van der Waals surface area contributed by atoms with Crippen molar-refractivity contribution in [2.45, 2.75) is 38.3 Å². The molecule has 0 aromatic carbocycles. The molecule has 1 amide bonds. The summed E-state index contributed by atoms with van der Waals surface area (Å²) < 4.78 is 5.71. The van der Waals surface area contributed by atoms with Crippen molar-refractivity contribution in [1.82, 2.24) is 10.2 Å². The number of hydrogen-bond donors (Lipinski definition) is 1. The van der Waals surface area contributed by atoms with E-state index in [4.69, 9.17) is 4.74 Å². The summed E-state index contributed by atoms with van der Waals surface area (Å²) in [6.07, 6.45) is 1.01. The van der Waals surface area contributed by atoms with E-state index in [1.807, 2.05) is 4.90 Å². The average Bonchev–Trinajstić information content (AvgIpc) is 2.57. The molecule has 1 unspecified atom stereocenters. The quantitative estimate of drug-likeness (QED) is 0.631. The van der Waals surface area contributed by atoms with Crippen LogP contribution in [0, 0.1) is 0 Å². The number of ether oxygens (including phenoxy) is 1. The van der Waals surface area contributed by atoms with Gasteiger partial charge in [0.1, 0.15) is 6.61 Å². The molecule has 0 aliphatic carbocycles. The molecule has 1 atom stereocenters. The van der Waals surface area contributed by atoms with Crippen molar-refractivity contribution in [1.29, 1.82) is 0 Å². The fraction of sp³-hybridized carbons (Fsp3) is 0.909. The third-order valence-electron chi connectivity index (χ3n) is 3.26. The molecule has 2 aliphatic heterocycles. The first kappa shape index (κ1) is 10.9. The van der Waals surface area contributed by atoms with Crippen LogP contribution in [0.1, 0.15) is 27.2 Å². The summed E-state index contributed by atoms with van der Waals surface area (Å²) in [4.78, 5) is 13.7. The summed E-state index contributed by atoms with van der Waals surface area (Å²) in [5.74, 6) is 0.111. The number of nitrogens with zero attached hydrogens (tertiary/aromatic N) is 1. The number of nitrogens with one attached hydrogen (secondary N) is 1. The van der Waals surface area contributed by atoms with Crippen LogP contribution >= 0.6 is 0 Å². The summed E-state index contributed by atoms with van der Waals surface area (Å²) in [6, 6.07) is 0. The van der Waals surface area contributed by atoms with Crippen LogP contribution in [-0.2, 0) is 9.53 Å². The van der Waals surface area contributed by atoms with Gasteiger partial charge in [0.05, 0.1) is 12.1 Å². The molecule has 0 radical (unpaired) electrons.